The van der Waals surface area contributed by atoms with Gasteiger partial charge in [-0.25, -0.2) is 14.4 Å². The van der Waals surface area contributed by atoms with E-state index in [0.29, 0.717) is 48.0 Å². The molecule has 0 aliphatic heterocycles. The van der Waals surface area contributed by atoms with E-state index in [-0.39, 0.29) is 18.3 Å². The molecule has 0 bridgehead atoms. The molecular formula is C30H36O9. The van der Waals surface area contributed by atoms with Crippen molar-refractivity contribution in [3.63, 3.8) is 0 Å². The number of rotatable bonds is 17. The summed E-state index contributed by atoms with van der Waals surface area (Å²) in [6, 6.07) is 11.6. The first-order valence-electron chi connectivity index (χ1n) is 12.6. The van der Waals surface area contributed by atoms with E-state index in [1.807, 2.05) is 0 Å². The van der Waals surface area contributed by atoms with Crippen molar-refractivity contribution >= 4 is 24.0 Å². The third kappa shape index (κ3) is 11.9. The topological polar surface area (TPSA) is 107 Å². The Kier molecular flexibility index (Phi) is 13.9. The SMILES string of the molecule is C=C(C)C(=O)OCCCCCCOc1ccc(C(=O)Oc2ccc(C=CC(=O)OCCOC)cc2OC)cc1. The maximum Gasteiger partial charge on any atom is 0.343 e. The predicted octanol–water partition coefficient (Wildman–Crippen LogP) is 5.18. The highest BCUT2D eigenvalue weighted by molar-refractivity contribution is 5.91. The lowest BCUT2D eigenvalue weighted by Gasteiger charge is -2.11. The van der Waals surface area contributed by atoms with Crippen LogP contribution >= 0.6 is 0 Å². The molecule has 0 fully saturated rings. The first-order chi connectivity index (χ1) is 18.8. The number of benzene rings is 2. The van der Waals surface area contributed by atoms with E-state index in [0.717, 1.165) is 25.7 Å². The molecule has 9 nitrogen and oxygen atoms in total. The Hall–Kier alpha value is -4.11. The Balaban J connectivity index is 1.78. The zero-order valence-corrected chi connectivity index (χ0v) is 22.7. The molecule has 0 heterocycles. The van der Waals surface area contributed by atoms with Crippen LogP contribution in [0.4, 0.5) is 0 Å². The van der Waals surface area contributed by atoms with Crippen molar-refractivity contribution in [3.8, 4) is 17.2 Å². The lowest BCUT2D eigenvalue weighted by molar-refractivity contribution is -0.139. The number of ether oxygens (including phenoxy) is 6. The minimum atomic E-state index is -0.544. The van der Waals surface area contributed by atoms with Crippen LogP contribution in [-0.4, -0.2) is 58.6 Å². The summed E-state index contributed by atoms with van der Waals surface area (Å²) in [6.45, 7) is 6.59. The van der Waals surface area contributed by atoms with Crippen molar-refractivity contribution in [2.45, 2.75) is 32.6 Å². The number of carbonyl (C=O) groups is 3. The number of unbranched alkanes of at least 4 members (excludes halogenated alkanes) is 3. The van der Waals surface area contributed by atoms with Crippen LogP contribution in [0.3, 0.4) is 0 Å². The van der Waals surface area contributed by atoms with Gasteiger partial charge in [0.2, 0.25) is 0 Å². The van der Waals surface area contributed by atoms with E-state index in [1.54, 1.807) is 55.5 Å². The summed E-state index contributed by atoms with van der Waals surface area (Å²) in [5.41, 5.74) is 1.43. The summed E-state index contributed by atoms with van der Waals surface area (Å²) in [5.74, 6) is -0.156. The Morgan fingerprint density at radius 3 is 2.21 bits per heavy atom. The van der Waals surface area contributed by atoms with Crippen LogP contribution in [-0.2, 0) is 23.8 Å². The molecule has 2 rings (SSSR count). The summed E-state index contributed by atoms with van der Waals surface area (Å²) in [7, 11) is 2.99. The largest absolute Gasteiger partial charge is 0.494 e. The molecule has 0 unspecified atom stereocenters. The van der Waals surface area contributed by atoms with Gasteiger partial charge < -0.3 is 28.4 Å². The maximum atomic E-state index is 12.6. The summed E-state index contributed by atoms with van der Waals surface area (Å²) in [5, 5.41) is 0. The molecule has 0 aliphatic carbocycles. The first kappa shape index (κ1) is 31.1. The van der Waals surface area contributed by atoms with Gasteiger partial charge in [-0.2, -0.15) is 0 Å². The standard InChI is InChI=1S/C30H36O9/c1-22(2)29(32)38-18-8-6-5-7-17-36-25-13-11-24(12-14-25)30(33)39-26-15-9-23(21-27(26)35-4)10-16-28(31)37-20-19-34-3/h9-16,21H,1,5-8,17-20H2,2-4H3. The van der Waals surface area contributed by atoms with E-state index in [1.165, 1.54) is 20.3 Å². The summed E-state index contributed by atoms with van der Waals surface area (Å²) >= 11 is 0. The van der Waals surface area contributed by atoms with Crippen molar-refractivity contribution in [1.82, 2.24) is 0 Å². The number of methoxy groups -OCH3 is 2. The van der Waals surface area contributed by atoms with Gasteiger partial charge in [0, 0.05) is 18.8 Å². The fourth-order valence-corrected chi connectivity index (χ4v) is 3.19. The zero-order chi connectivity index (χ0) is 28.5. The van der Waals surface area contributed by atoms with Crippen LogP contribution in [0.1, 0.15) is 48.5 Å². The predicted molar refractivity (Wildman–Crippen MR) is 146 cm³/mol. The van der Waals surface area contributed by atoms with Crippen LogP contribution in [0.5, 0.6) is 17.2 Å². The lowest BCUT2D eigenvalue weighted by Crippen LogP contribution is -2.09. The van der Waals surface area contributed by atoms with Gasteiger partial charge in [-0.1, -0.05) is 12.6 Å². The van der Waals surface area contributed by atoms with E-state index in [4.69, 9.17) is 28.4 Å². The van der Waals surface area contributed by atoms with Crippen molar-refractivity contribution in [3.05, 3.63) is 71.8 Å². The molecule has 210 valence electrons. The Morgan fingerprint density at radius 1 is 0.821 bits per heavy atom. The summed E-state index contributed by atoms with van der Waals surface area (Å²) in [4.78, 5) is 35.7. The highest BCUT2D eigenvalue weighted by atomic mass is 16.6. The highest BCUT2D eigenvalue weighted by Gasteiger charge is 2.13. The van der Waals surface area contributed by atoms with Gasteiger partial charge in [-0.15, -0.1) is 0 Å². The second kappa shape index (κ2) is 17.4. The third-order valence-electron chi connectivity index (χ3n) is 5.31. The van der Waals surface area contributed by atoms with Crippen LogP contribution < -0.4 is 14.2 Å². The molecule has 0 saturated carbocycles. The van der Waals surface area contributed by atoms with Crippen molar-refractivity contribution < 1.29 is 42.8 Å². The molecule has 0 radical (unpaired) electrons. The molecule has 0 aromatic heterocycles. The number of carbonyl (C=O) groups excluding carboxylic acids is 3. The molecule has 2 aromatic carbocycles. The fourth-order valence-electron chi connectivity index (χ4n) is 3.19. The molecule has 9 heteroatoms. The number of esters is 3. The summed E-state index contributed by atoms with van der Waals surface area (Å²) < 4.78 is 31.5. The van der Waals surface area contributed by atoms with Crippen LogP contribution in [0.25, 0.3) is 6.08 Å². The van der Waals surface area contributed by atoms with Gasteiger partial charge in [0.05, 0.1) is 32.5 Å². The van der Waals surface area contributed by atoms with Crippen molar-refractivity contribution in [2.75, 3.05) is 40.6 Å². The van der Waals surface area contributed by atoms with Gasteiger partial charge in [0.25, 0.3) is 0 Å². The van der Waals surface area contributed by atoms with Gasteiger partial charge in [-0.3, -0.25) is 0 Å². The van der Waals surface area contributed by atoms with E-state index in [9.17, 15) is 14.4 Å². The minimum absolute atomic E-state index is 0.169. The molecule has 39 heavy (non-hydrogen) atoms. The average molecular weight is 541 g/mol. The highest BCUT2D eigenvalue weighted by Crippen LogP contribution is 2.29. The van der Waals surface area contributed by atoms with E-state index >= 15 is 0 Å². The number of hydrogen-bond donors (Lipinski definition) is 0. The van der Waals surface area contributed by atoms with Crippen LogP contribution in [0.15, 0.2) is 60.7 Å². The normalized spacial score (nSPS) is 10.6. The number of hydrogen-bond acceptors (Lipinski definition) is 9. The van der Waals surface area contributed by atoms with Gasteiger partial charge in [0.15, 0.2) is 11.5 Å². The van der Waals surface area contributed by atoms with Gasteiger partial charge in [-0.05, 0) is 80.6 Å². The molecular weight excluding hydrogens is 504 g/mol. The lowest BCUT2D eigenvalue weighted by atomic mass is 10.2. The van der Waals surface area contributed by atoms with Gasteiger partial charge >= 0.3 is 17.9 Å². The second-order valence-corrected chi connectivity index (χ2v) is 8.50. The Morgan fingerprint density at radius 2 is 1.54 bits per heavy atom. The van der Waals surface area contributed by atoms with E-state index in [2.05, 4.69) is 6.58 Å². The maximum absolute atomic E-state index is 12.6. The quantitative estimate of drug-likeness (QED) is 0.116. The third-order valence-corrected chi connectivity index (χ3v) is 5.31. The molecule has 0 spiro atoms. The molecule has 0 saturated heterocycles. The van der Waals surface area contributed by atoms with E-state index < -0.39 is 11.9 Å². The fraction of sp³-hybridized carbons (Fsp3) is 0.367. The Bertz CT molecular complexity index is 1120. The van der Waals surface area contributed by atoms with Crippen LogP contribution in [0.2, 0.25) is 0 Å². The van der Waals surface area contributed by atoms with Crippen LogP contribution in [0, 0.1) is 0 Å². The van der Waals surface area contributed by atoms with Crippen molar-refractivity contribution in [2.24, 2.45) is 0 Å². The monoisotopic (exact) mass is 540 g/mol. The second-order valence-electron chi connectivity index (χ2n) is 8.50. The molecule has 0 aliphatic rings. The molecule has 0 atom stereocenters. The summed E-state index contributed by atoms with van der Waals surface area (Å²) in [6.07, 6.45) is 6.40. The van der Waals surface area contributed by atoms with Gasteiger partial charge in [0.1, 0.15) is 12.4 Å². The van der Waals surface area contributed by atoms with Crippen molar-refractivity contribution in [1.29, 1.82) is 0 Å². The minimum Gasteiger partial charge on any atom is -0.494 e. The molecule has 0 amide bonds. The first-order valence-corrected chi connectivity index (χ1v) is 12.6. The molecule has 0 N–H and O–H groups in total. The average Bonchev–Trinajstić information content (AvgIpc) is 2.94. The smallest absolute Gasteiger partial charge is 0.343 e. The zero-order valence-electron chi connectivity index (χ0n) is 22.7. The molecule has 2 aromatic rings. The Labute approximate surface area is 229 Å².